The van der Waals surface area contributed by atoms with E-state index < -0.39 is 5.67 Å². The standard InChI is InChI=1S/C16H16FN/c17-16(14-9-5-2-6-10-14)11-15(16)18-12-13-7-3-1-4-8-13/h1-10,15,18H,11-12H2. The molecule has 0 heterocycles. The molecule has 3 rings (SSSR count). The Bertz CT molecular complexity index is 511. The summed E-state index contributed by atoms with van der Waals surface area (Å²) in [6.07, 6.45) is 0.573. The molecule has 2 atom stereocenters. The number of hydrogen-bond acceptors (Lipinski definition) is 1. The fourth-order valence-corrected chi connectivity index (χ4v) is 2.34. The summed E-state index contributed by atoms with van der Waals surface area (Å²) in [5, 5.41) is 3.29. The molecule has 0 saturated heterocycles. The molecule has 0 spiro atoms. The molecule has 1 fully saturated rings. The highest BCUT2D eigenvalue weighted by molar-refractivity contribution is 5.32. The number of rotatable bonds is 4. The molecule has 2 heteroatoms. The summed E-state index contributed by atoms with van der Waals surface area (Å²) in [5.74, 6) is 0. The van der Waals surface area contributed by atoms with Crippen LogP contribution in [0.4, 0.5) is 4.39 Å². The maximum absolute atomic E-state index is 14.5. The van der Waals surface area contributed by atoms with Crippen molar-refractivity contribution in [3.05, 3.63) is 71.8 Å². The van der Waals surface area contributed by atoms with Crippen LogP contribution in [0.25, 0.3) is 0 Å². The van der Waals surface area contributed by atoms with Gasteiger partial charge in [-0.2, -0.15) is 0 Å². The summed E-state index contributed by atoms with van der Waals surface area (Å²) < 4.78 is 14.5. The van der Waals surface area contributed by atoms with Crippen LogP contribution in [0, 0.1) is 0 Å². The van der Waals surface area contributed by atoms with Crippen LogP contribution in [0.2, 0.25) is 0 Å². The van der Waals surface area contributed by atoms with Crippen molar-refractivity contribution in [2.24, 2.45) is 0 Å². The molecule has 1 aliphatic carbocycles. The number of hydrogen-bond donors (Lipinski definition) is 1. The van der Waals surface area contributed by atoms with E-state index in [4.69, 9.17) is 0 Å². The lowest BCUT2D eigenvalue weighted by Crippen LogP contribution is -2.22. The first kappa shape index (κ1) is 11.4. The van der Waals surface area contributed by atoms with Gasteiger partial charge in [-0.15, -0.1) is 0 Å². The highest BCUT2D eigenvalue weighted by atomic mass is 19.1. The van der Waals surface area contributed by atoms with Crippen LogP contribution in [0.1, 0.15) is 17.5 Å². The molecular weight excluding hydrogens is 225 g/mol. The highest BCUT2D eigenvalue weighted by Gasteiger charge is 2.56. The van der Waals surface area contributed by atoms with Crippen molar-refractivity contribution in [2.75, 3.05) is 0 Å². The average Bonchev–Trinajstić information content (AvgIpc) is 3.11. The largest absolute Gasteiger partial charge is 0.306 e. The van der Waals surface area contributed by atoms with Crippen LogP contribution < -0.4 is 5.32 Å². The maximum Gasteiger partial charge on any atom is 0.152 e. The van der Waals surface area contributed by atoms with E-state index in [0.29, 0.717) is 6.42 Å². The van der Waals surface area contributed by atoms with Gasteiger partial charge in [0.15, 0.2) is 5.67 Å². The molecular formula is C16H16FN. The second-order valence-electron chi connectivity index (χ2n) is 4.85. The van der Waals surface area contributed by atoms with E-state index in [1.54, 1.807) is 0 Å². The normalized spacial score (nSPS) is 25.9. The Morgan fingerprint density at radius 3 is 2.28 bits per heavy atom. The Morgan fingerprint density at radius 2 is 1.61 bits per heavy atom. The molecule has 2 aromatic carbocycles. The van der Waals surface area contributed by atoms with E-state index in [1.165, 1.54) is 5.56 Å². The van der Waals surface area contributed by atoms with Gasteiger partial charge in [0.2, 0.25) is 0 Å². The van der Waals surface area contributed by atoms with Gasteiger partial charge >= 0.3 is 0 Å². The molecule has 0 bridgehead atoms. The van der Waals surface area contributed by atoms with E-state index >= 15 is 0 Å². The van der Waals surface area contributed by atoms with Crippen LogP contribution in [0.15, 0.2) is 60.7 Å². The monoisotopic (exact) mass is 241 g/mol. The predicted molar refractivity (Wildman–Crippen MR) is 70.9 cm³/mol. The quantitative estimate of drug-likeness (QED) is 0.865. The van der Waals surface area contributed by atoms with Crippen LogP contribution in [-0.4, -0.2) is 6.04 Å². The first-order chi connectivity index (χ1) is 8.79. The smallest absolute Gasteiger partial charge is 0.152 e. The number of alkyl halides is 1. The summed E-state index contributed by atoms with van der Waals surface area (Å²) in [4.78, 5) is 0. The summed E-state index contributed by atoms with van der Waals surface area (Å²) in [6, 6.07) is 19.5. The Kier molecular flexibility index (Phi) is 2.88. The first-order valence-corrected chi connectivity index (χ1v) is 6.31. The molecule has 1 nitrogen and oxygen atoms in total. The molecule has 0 aromatic heterocycles. The zero-order valence-corrected chi connectivity index (χ0v) is 10.1. The molecule has 18 heavy (non-hydrogen) atoms. The Balaban J connectivity index is 1.61. The van der Waals surface area contributed by atoms with Crippen molar-refractivity contribution < 1.29 is 4.39 Å². The van der Waals surface area contributed by atoms with Gasteiger partial charge in [0.05, 0.1) is 0 Å². The topological polar surface area (TPSA) is 12.0 Å². The second kappa shape index (κ2) is 4.54. The summed E-state index contributed by atoms with van der Waals surface area (Å²) >= 11 is 0. The van der Waals surface area contributed by atoms with Crippen molar-refractivity contribution in [1.29, 1.82) is 0 Å². The number of nitrogens with one attached hydrogen (secondary N) is 1. The van der Waals surface area contributed by atoms with Gasteiger partial charge < -0.3 is 5.32 Å². The van der Waals surface area contributed by atoms with E-state index in [2.05, 4.69) is 17.4 Å². The fourth-order valence-electron chi connectivity index (χ4n) is 2.34. The van der Waals surface area contributed by atoms with Crippen molar-refractivity contribution >= 4 is 0 Å². The van der Waals surface area contributed by atoms with Crippen molar-refractivity contribution in [1.82, 2.24) is 5.32 Å². The highest BCUT2D eigenvalue weighted by Crippen LogP contribution is 2.49. The van der Waals surface area contributed by atoms with Gasteiger partial charge in [-0.3, -0.25) is 0 Å². The zero-order chi connectivity index (χ0) is 12.4. The molecule has 1 N–H and O–H groups in total. The summed E-state index contributed by atoms with van der Waals surface area (Å²) in [5.41, 5.74) is 0.811. The Labute approximate surface area is 107 Å². The third kappa shape index (κ3) is 2.16. The van der Waals surface area contributed by atoms with Gasteiger partial charge in [-0.1, -0.05) is 60.7 Å². The van der Waals surface area contributed by atoms with Crippen molar-refractivity contribution in [2.45, 2.75) is 24.7 Å². The van der Waals surface area contributed by atoms with Crippen LogP contribution in [-0.2, 0) is 12.2 Å². The van der Waals surface area contributed by atoms with Crippen molar-refractivity contribution in [3.63, 3.8) is 0 Å². The van der Waals surface area contributed by atoms with Crippen LogP contribution in [0.3, 0.4) is 0 Å². The molecule has 0 radical (unpaired) electrons. The van der Waals surface area contributed by atoms with Crippen LogP contribution in [0.5, 0.6) is 0 Å². The lowest BCUT2D eigenvalue weighted by molar-refractivity contribution is 0.293. The Morgan fingerprint density at radius 1 is 1.00 bits per heavy atom. The van der Waals surface area contributed by atoms with Crippen molar-refractivity contribution in [3.8, 4) is 0 Å². The molecule has 0 aliphatic heterocycles. The number of benzene rings is 2. The minimum Gasteiger partial charge on any atom is -0.306 e. The lowest BCUT2D eigenvalue weighted by Gasteiger charge is -2.09. The van der Waals surface area contributed by atoms with E-state index in [-0.39, 0.29) is 6.04 Å². The lowest BCUT2D eigenvalue weighted by atomic mass is 10.1. The van der Waals surface area contributed by atoms with Gasteiger partial charge in [-0.25, -0.2) is 4.39 Å². The minimum absolute atomic E-state index is 0.0555. The third-order valence-electron chi connectivity index (χ3n) is 3.54. The van der Waals surface area contributed by atoms with Gasteiger partial charge in [0.25, 0.3) is 0 Å². The third-order valence-corrected chi connectivity index (χ3v) is 3.54. The zero-order valence-electron chi connectivity index (χ0n) is 10.1. The van der Waals surface area contributed by atoms with Gasteiger partial charge in [0, 0.05) is 19.0 Å². The molecule has 92 valence electrons. The van der Waals surface area contributed by atoms with E-state index in [1.807, 2.05) is 48.5 Å². The van der Waals surface area contributed by atoms with E-state index in [0.717, 1.165) is 12.1 Å². The fraction of sp³-hybridized carbons (Fsp3) is 0.250. The summed E-state index contributed by atoms with van der Waals surface area (Å²) in [6.45, 7) is 0.726. The molecule has 1 aliphatic rings. The van der Waals surface area contributed by atoms with E-state index in [9.17, 15) is 4.39 Å². The number of halogens is 1. The average molecular weight is 241 g/mol. The maximum atomic E-state index is 14.5. The SMILES string of the molecule is FC1(c2ccccc2)CC1NCc1ccccc1. The predicted octanol–water partition coefficient (Wildman–Crippen LogP) is 3.41. The minimum atomic E-state index is -1.17. The molecule has 2 unspecified atom stereocenters. The molecule has 0 amide bonds. The second-order valence-corrected chi connectivity index (χ2v) is 4.85. The van der Waals surface area contributed by atoms with Gasteiger partial charge in [0.1, 0.15) is 0 Å². The first-order valence-electron chi connectivity index (χ1n) is 6.31. The molecule has 2 aromatic rings. The Hall–Kier alpha value is -1.67. The molecule has 1 saturated carbocycles. The summed E-state index contributed by atoms with van der Waals surface area (Å²) in [7, 11) is 0. The van der Waals surface area contributed by atoms with Crippen LogP contribution >= 0.6 is 0 Å². The van der Waals surface area contributed by atoms with Gasteiger partial charge in [-0.05, 0) is 11.1 Å².